The predicted octanol–water partition coefficient (Wildman–Crippen LogP) is 3.18. The molecule has 1 aromatic heterocycles. The summed E-state index contributed by atoms with van der Waals surface area (Å²) in [6.07, 6.45) is 5.77. The van der Waals surface area contributed by atoms with Gasteiger partial charge < -0.3 is 15.1 Å². The predicted molar refractivity (Wildman–Crippen MR) is 86.7 cm³/mol. The van der Waals surface area contributed by atoms with Crippen LogP contribution in [-0.2, 0) is 6.54 Å². The molecule has 0 spiro atoms. The second-order valence-corrected chi connectivity index (χ2v) is 6.03. The Balaban J connectivity index is 1.50. The molecule has 0 aliphatic heterocycles. The highest BCUT2D eigenvalue weighted by Crippen LogP contribution is 2.18. The highest BCUT2D eigenvalue weighted by Gasteiger charge is 2.16. The van der Waals surface area contributed by atoms with Gasteiger partial charge in [-0.3, -0.25) is 0 Å². The van der Waals surface area contributed by atoms with Gasteiger partial charge in [-0.1, -0.05) is 37.0 Å². The number of nitrogens with one attached hydrogen (secondary N) is 2. The fourth-order valence-electron chi connectivity index (χ4n) is 2.78. The summed E-state index contributed by atoms with van der Waals surface area (Å²) < 4.78 is 5.59. The molecule has 23 heavy (non-hydrogen) atoms. The molecule has 1 aromatic carbocycles. The van der Waals surface area contributed by atoms with E-state index in [0.29, 0.717) is 11.8 Å². The molecule has 0 unspecified atom stereocenters. The maximum absolute atomic E-state index is 11.9. The fourth-order valence-corrected chi connectivity index (χ4v) is 2.78. The molecule has 3 rings (SSSR count). The van der Waals surface area contributed by atoms with Crippen LogP contribution < -0.4 is 10.6 Å². The summed E-state index contributed by atoms with van der Waals surface area (Å²) in [6.45, 7) is 2.26. The van der Waals surface area contributed by atoms with Gasteiger partial charge in [-0.05, 0) is 31.9 Å². The van der Waals surface area contributed by atoms with Crippen molar-refractivity contribution in [2.45, 2.75) is 51.6 Å². The van der Waals surface area contributed by atoms with E-state index in [2.05, 4.69) is 20.8 Å². The summed E-state index contributed by atoms with van der Waals surface area (Å²) in [5, 5.41) is 13.8. The lowest BCUT2D eigenvalue weighted by Crippen LogP contribution is -2.42. The maximum Gasteiger partial charge on any atom is 0.315 e. The molecule has 2 aromatic rings. The summed E-state index contributed by atoms with van der Waals surface area (Å²) in [4.78, 5) is 11.9. The standard InChI is InChI=1S/C17H22N4O2/c1-12-7-9-13(10-8-12)16-21-20-15(23-16)11-18-17(22)19-14-5-3-2-4-6-14/h7-10,14H,2-6,11H2,1H3,(H2,18,19,22). The number of carbonyl (C=O) groups excluding carboxylic acids is 1. The highest BCUT2D eigenvalue weighted by molar-refractivity contribution is 5.74. The van der Waals surface area contributed by atoms with Crippen LogP contribution >= 0.6 is 0 Å². The summed E-state index contributed by atoms with van der Waals surface area (Å²) in [7, 11) is 0. The number of urea groups is 1. The Morgan fingerprint density at radius 3 is 2.65 bits per heavy atom. The van der Waals surface area contributed by atoms with E-state index >= 15 is 0 Å². The van der Waals surface area contributed by atoms with Crippen molar-refractivity contribution in [2.75, 3.05) is 0 Å². The molecule has 1 aliphatic carbocycles. The molecule has 1 aliphatic rings. The van der Waals surface area contributed by atoms with E-state index in [1.165, 1.54) is 24.8 Å². The Morgan fingerprint density at radius 1 is 1.17 bits per heavy atom. The molecule has 6 heteroatoms. The third-order valence-corrected chi connectivity index (χ3v) is 4.11. The molecule has 0 atom stereocenters. The van der Waals surface area contributed by atoms with Gasteiger partial charge in [0.15, 0.2) is 0 Å². The van der Waals surface area contributed by atoms with Crippen molar-refractivity contribution in [2.24, 2.45) is 0 Å². The first-order valence-corrected chi connectivity index (χ1v) is 8.14. The maximum atomic E-state index is 11.9. The van der Waals surface area contributed by atoms with Gasteiger partial charge in [-0.25, -0.2) is 4.79 Å². The van der Waals surface area contributed by atoms with Crippen LogP contribution in [0.1, 0.15) is 43.6 Å². The Morgan fingerprint density at radius 2 is 1.91 bits per heavy atom. The Bertz CT molecular complexity index is 645. The van der Waals surface area contributed by atoms with Gasteiger partial charge in [0.1, 0.15) is 0 Å². The van der Waals surface area contributed by atoms with Crippen molar-refractivity contribution >= 4 is 6.03 Å². The second kappa shape index (κ2) is 7.26. The van der Waals surface area contributed by atoms with Crippen LogP contribution in [0.3, 0.4) is 0 Å². The van der Waals surface area contributed by atoms with Gasteiger partial charge in [0.2, 0.25) is 11.8 Å². The number of benzene rings is 1. The zero-order valence-corrected chi connectivity index (χ0v) is 13.3. The number of hydrogen-bond acceptors (Lipinski definition) is 4. The van der Waals surface area contributed by atoms with Crippen LogP contribution in [0.5, 0.6) is 0 Å². The van der Waals surface area contributed by atoms with Crippen LogP contribution in [0.15, 0.2) is 28.7 Å². The lowest BCUT2D eigenvalue weighted by Gasteiger charge is -2.22. The van der Waals surface area contributed by atoms with Crippen molar-refractivity contribution in [3.05, 3.63) is 35.7 Å². The molecule has 0 bridgehead atoms. The van der Waals surface area contributed by atoms with E-state index in [1.807, 2.05) is 31.2 Å². The third kappa shape index (κ3) is 4.31. The molecule has 6 nitrogen and oxygen atoms in total. The van der Waals surface area contributed by atoms with E-state index in [0.717, 1.165) is 18.4 Å². The van der Waals surface area contributed by atoms with Crippen molar-refractivity contribution in [1.82, 2.24) is 20.8 Å². The molecular weight excluding hydrogens is 292 g/mol. The van der Waals surface area contributed by atoms with Crippen LogP contribution in [0.4, 0.5) is 4.79 Å². The molecule has 2 N–H and O–H groups in total. The quantitative estimate of drug-likeness (QED) is 0.908. The number of aromatic nitrogens is 2. The largest absolute Gasteiger partial charge is 0.419 e. The second-order valence-electron chi connectivity index (χ2n) is 6.03. The monoisotopic (exact) mass is 314 g/mol. The highest BCUT2D eigenvalue weighted by atomic mass is 16.4. The number of aryl methyl sites for hydroxylation is 1. The fraction of sp³-hybridized carbons (Fsp3) is 0.471. The first-order chi connectivity index (χ1) is 11.2. The number of carbonyl (C=O) groups is 1. The van der Waals surface area contributed by atoms with Gasteiger partial charge in [0.05, 0.1) is 6.54 Å². The van der Waals surface area contributed by atoms with Crippen molar-refractivity contribution in [1.29, 1.82) is 0 Å². The minimum absolute atomic E-state index is 0.174. The van der Waals surface area contributed by atoms with Crippen molar-refractivity contribution in [3.63, 3.8) is 0 Å². The Kier molecular flexibility index (Phi) is 4.90. The smallest absolute Gasteiger partial charge is 0.315 e. The minimum Gasteiger partial charge on any atom is -0.419 e. The van der Waals surface area contributed by atoms with Gasteiger partial charge in [0.25, 0.3) is 0 Å². The average Bonchev–Trinajstić information content (AvgIpc) is 3.04. The average molecular weight is 314 g/mol. The molecule has 1 heterocycles. The van der Waals surface area contributed by atoms with Crippen molar-refractivity contribution in [3.8, 4) is 11.5 Å². The minimum atomic E-state index is -0.174. The van der Waals surface area contributed by atoms with Gasteiger partial charge in [-0.15, -0.1) is 10.2 Å². The van der Waals surface area contributed by atoms with Gasteiger partial charge in [-0.2, -0.15) is 0 Å². The first kappa shape index (κ1) is 15.5. The molecule has 122 valence electrons. The van der Waals surface area contributed by atoms with E-state index in [4.69, 9.17) is 4.42 Å². The van der Waals surface area contributed by atoms with E-state index < -0.39 is 0 Å². The molecule has 2 amide bonds. The van der Waals surface area contributed by atoms with Crippen LogP contribution in [0, 0.1) is 6.92 Å². The SMILES string of the molecule is Cc1ccc(-c2nnc(CNC(=O)NC3CCCCC3)o2)cc1. The van der Waals surface area contributed by atoms with Crippen LogP contribution in [0.2, 0.25) is 0 Å². The number of rotatable bonds is 4. The van der Waals surface area contributed by atoms with Gasteiger partial charge >= 0.3 is 6.03 Å². The van der Waals surface area contributed by atoms with E-state index in [1.54, 1.807) is 0 Å². The lowest BCUT2D eigenvalue weighted by atomic mass is 9.96. The number of amides is 2. The molecule has 1 saturated carbocycles. The number of hydrogen-bond donors (Lipinski definition) is 2. The molecule has 1 fully saturated rings. The third-order valence-electron chi connectivity index (χ3n) is 4.11. The van der Waals surface area contributed by atoms with E-state index in [-0.39, 0.29) is 18.6 Å². The lowest BCUT2D eigenvalue weighted by molar-refractivity contribution is 0.231. The molecule has 0 radical (unpaired) electrons. The van der Waals surface area contributed by atoms with E-state index in [9.17, 15) is 4.79 Å². The summed E-state index contributed by atoms with van der Waals surface area (Å²) in [5.74, 6) is 0.869. The Hall–Kier alpha value is -2.37. The van der Waals surface area contributed by atoms with Gasteiger partial charge in [0, 0.05) is 11.6 Å². The zero-order chi connectivity index (χ0) is 16.1. The summed E-state index contributed by atoms with van der Waals surface area (Å²) >= 11 is 0. The van der Waals surface area contributed by atoms with Crippen LogP contribution in [0.25, 0.3) is 11.5 Å². The summed E-state index contributed by atoms with van der Waals surface area (Å²) in [5.41, 5.74) is 2.05. The van der Waals surface area contributed by atoms with Crippen molar-refractivity contribution < 1.29 is 9.21 Å². The first-order valence-electron chi connectivity index (χ1n) is 8.14. The molecule has 0 saturated heterocycles. The summed E-state index contributed by atoms with van der Waals surface area (Å²) in [6, 6.07) is 7.98. The topological polar surface area (TPSA) is 80.0 Å². The normalized spacial score (nSPS) is 15.3. The Labute approximate surface area is 135 Å². The molecular formula is C17H22N4O2. The zero-order valence-electron chi connectivity index (χ0n) is 13.3. The number of nitrogens with zero attached hydrogens (tertiary/aromatic N) is 2. The van der Waals surface area contributed by atoms with Crippen LogP contribution in [-0.4, -0.2) is 22.3 Å².